The molecule has 7 heteroatoms. The van der Waals surface area contributed by atoms with Gasteiger partial charge < -0.3 is 9.64 Å². The second-order valence-electron chi connectivity index (χ2n) is 6.58. The summed E-state index contributed by atoms with van der Waals surface area (Å²) in [5.74, 6) is 0.652. The summed E-state index contributed by atoms with van der Waals surface area (Å²) in [4.78, 5) is 15.6. The number of carbonyl (C=O) groups excluding carboxylic acids is 1. The largest absolute Gasteiger partial charge is 0.482 e. The lowest BCUT2D eigenvalue weighted by molar-refractivity contribution is 0.0866. The van der Waals surface area contributed by atoms with E-state index in [0.717, 1.165) is 44.8 Å². The van der Waals surface area contributed by atoms with Gasteiger partial charge in [0.05, 0.1) is 10.0 Å². The van der Waals surface area contributed by atoms with Gasteiger partial charge in [-0.2, -0.15) is 0 Å². The minimum Gasteiger partial charge on any atom is -0.482 e. The number of carbonyl (C=O) groups is 1. The Labute approximate surface area is 185 Å². The standard InChI is InChI=1S/C20H17Br2NO2S2/c21-13-10-14-16(24)19(27-20(26)23-8-4-5-9-23)17(12-6-2-1-3-7-12)25-18(14)15(22)11-13/h1-3,6-7,10-11,17,19H,4-5,8-9H2/t17-,19-/m0/s1. The van der Waals surface area contributed by atoms with Crippen LogP contribution in [0.3, 0.4) is 0 Å². The molecule has 0 saturated carbocycles. The summed E-state index contributed by atoms with van der Waals surface area (Å²) in [5, 5.41) is -0.408. The van der Waals surface area contributed by atoms with E-state index in [-0.39, 0.29) is 11.9 Å². The summed E-state index contributed by atoms with van der Waals surface area (Å²) < 4.78 is 8.76. The summed E-state index contributed by atoms with van der Waals surface area (Å²) in [6.07, 6.45) is 1.93. The molecule has 140 valence electrons. The lowest BCUT2D eigenvalue weighted by Crippen LogP contribution is -2.37. The number of benzene rings is 2. The van der Waals surface area contributed by atoms with Gasteiger partial charge in [0.1, 0.15) is 21.4 Å². The molecular formula is C20H17Br2NO2S2. The Morgan fingerprint density at radius 1 is 1.15 bits per heavy atom. The number of fused-ring (bicyclic) bond motifs is 1. The van der Waals surface area contributed by atoms with E-state index in [9.17, 15) is 4.79 Å². The van der Waals surface area contributed by atoms with Crippen molar-refractivity contribution in [3.63, 3.8) is 0 Å². The van der Waals surface area contributed by atoms with Crippen LogP contribution >= 0.6 is 55.8 Å². The number of hydrogen-bond acceptors (Lipinski definition) is 4. The first-order chi connectivity index (χ1) is 13.0. The van der Waals surface area contributed by atoms with Gasteiger partial charge in [0.25, 0.3) is 0 Å². The van der Waals surface area contributed by atoms with E-state index in [1.54, 1.807) is 0 Å². The first-order valence-corrected chi connectivity index (χ1v) is 11.6. The van der Waals surface area contributed by atoms with Crippen molar-refractivity contribution >= 4 is 65.9 Å². The molecule has 0 aromatic heterocycles. The molecule has 0 radical (unpaired) electrons. The highest BCUT2D eigenvalue weighted by atomic mass is 79.9. The van der Waals surface area contributed by atoms with Crippen molar-refractivity contribution < 1.29 is 9.53 Å². The van der Waals surface area contributed by atoms with Crippen molar-refractivity contribution in [1.29, 1.82) is 0 Å². The highest BCUT2D eigenvalue weighted by Gasteiger charge is 2.41. The number of ketones is 1. The van der Waals surface area contributed by atoms with Crippen LogP contribution in [-0.4, -0.2) is 33.3 Å². The molecule has 2 aliphatic rings. The summed E-state index contributed by atoms with van der Waals surface area (Å²) in [6, 6.07) is 13.6. The Morgan fingerprint density at radius 2 is 1.85 bits per heavy atom. The van der Waals surface area contributed by atoms with Gasteiger partial charge in [0.15, 0.2) is 5.78 Å². The van der Waals surface area contributed by atoms with Gasteiger partial charge in [-0.3, -0.25) is 4.79 Å². The van der Waals surface area contributed by atoms with Crippen LogP contribution in [0.4, 0.5) is 0 Å². The van der Waals surface area contributed by atoms with Crippen LogP contribution < -0.4 is 4.74 Å². The van der Waals surface area contributed by atoms with Crippen LogP contribution in [0.15, 0.2) is 51.4 Å². The quantitative estimate of drug-likeness (QED) is 0.447. The number of rotatable bonds is 2. The van der Waals surface area contributed by atoms with Crippen molar-refractivity contribution in [2.45, 2.75) is 24.2 Å². The maximum atomic E-state index is 13.4. The van der Waals surface area contributed by atoms with E-state index in [1.165, 1.54) is 11.8 Å². The fraction of sp³-hybridized carbons (Fsp3) is 0.300. The van der Waals surface area contributed by atoms with Crippen molar-refractivity contribution in [2.75, 3.05) is 13.1 Å². The van der Waals surface area contributed by atoms with Gasteiger partial charge in [-0.1, -0.05) is 70.2 Å². The second kappa shape index (κ2) is 8.23. The van der Waals surface area contributed by atoms with E-state index in [1.807, 2.05) is 42.5 Å². The van der Waals surface area contributed by atoms with Crippen LogP contribution in [0, 0.1) is 0 Å². The zero-order valence-electron chi connectivity index (χ0n) is 14.4. The molecule has 0 aliphatic carbocycles. The molecule has 0 N–H and O–H groups in total. The van der Waals surface area contributed by atoms with Crippen LogP contribution in [-0.2, 0) is 0 Å². The Hall–Kier alpha value is -0.890. The first-order valence-electron chi connectivity index (χ1n) is 8.75. The van der Waals surface area contributed by atoms with Crippen molar-refractivity contribution in [3.05, 3.63) is 62.5 Å². The van der Waals surface area contributed by atoms with E-state index in [2.05, 4.69) is 36.8 Å². The van der Waals surface area contributed by atoms with Crippen molar-refractivity contribution in [3.8, 4) is 5.75 Å². The van der Waals surface area contributed by atoms with Crippen LogP contribution in [0.1, 0.15) is 34.9 Å². The molecular weight excluding hydrogens is 510 g/mol. The molecule has 2 aromatic rings. The van der Waals surface area contributed by atoms with Crippen molar-refractivity contribution in [2.24, 2.45) is 0 Å². The molecule has 0 unspecified atom stereocenters. The molecule has 4 rings (SSSR count). The maximum absolute atomic E-state index is 13.4. The lowest BCUT2D eigenvalue weighted by atomic mass is 9.96. The summed E-state index contributed by atoms with van der Waals surface area (Å²) in [5.41, 5.74) is 1.57. The third-order valence-corrected chi connectivity index (χ3v) is 7.54. The molecule has 2 aromatic carbocycles. The molecule has 27 heavy (non-hydrogen) atoms. The Kier molecular flexibility index (Phi) is 5.92. The first kappa shape index (κ1) is 19.4. The Balaban J connectivity index is 1.72. The topological polar surface area (TPSA) is 29.5 Å². The van der Waals surface area contributed by atoms with E-state index in [4.69, 9.17) is 17.0 Å². The predicted octanol–water partition coefficient (Wildman–Crippen LogP) is 6.01. The molecule has 1 fully saturated rings. The van der Waals surface area contributed by atoms with Gasteiger partial charge >= 0.3 is 0 Å². The average molecular weight is 527 g/mol. The van der Waals surface area contributed by atoms with Crippen LogP contribution in [0.25, 0.3) is 0 Å². The zero-order valence-corrected chi connectivity index (χ0v) is 19.2. The van der Waals surface area contributed by atoms with Gasteiger partial charge in [-0.25, -0.2) is 0 Å². The minimum atomic E-state index is -0.408. The highest BCUT2D eigenvalue weighted by Crippen LogP contribution is 2.45. The fourth-order valence-corrected chi connectivity index (χ4v) is 6.36. The average Bonchev–Trinajstić information content (AvgIpc) is 3.20. The number of ether oxygens (including phenoxy) is 1. The highest BCUT2D eigenvalue weighted by molar-refractivity contribution is 9.11. The molecule has 1 saturated heterocycles. The zero-order chi connectivity index (χ0) is 19.0. The number of thioether (sulfide) groups is 1. The fourth-order valence-electron chi connectivity index (χ4n) is 3.43. The van der Waals surface area contributed by atoms with Gasteiger partial charge in [-0.15, -0.1) is 0 Å². The van der Waals surface area contributed by atoms with E-state index < -0.39 is 5.25 Å². The smallest absolute Gasteiger partial charge is 0.184 e. The number of likely N-dealkylation sites (tertiary alicyclic amines) is 1. The molecule has 0 amide bonds. The molecule has 2 atom stereocenters. The number of Topliss-reactive ketones (excluding diaryl/α,β-unsaturated/α-hetero) is 1. The second-order valence-corrected chi connectivity index (χ2v) is 10.1. The van der Waals surface area contributed by atoms with E-state index >= 15 is 0 Å². The monoisotopic (exact) mass is 525 g/mol. The SMILES string of the molecule is O=C1c2cc(Br)cc(Br)c2O[C@@H](c2ccccc2)[C@H]1SC(=S)N1CCCC1. The number of thiocarbonyl (C=S) groups is 1. The lowest BCUT2D eigenvalue weighted by Gasteiger charge is -2.34. The van der Waals surface area contributed by atoms with Crippen LogP contribution in [0.2, 0.25) is 0 Å². The molecule has 2 heterocycles. The van der Waals surface area contributed by atoms with Gasteiger partial charge in [0, 0.05) is 17.6 Å². The molecule has 0 spiro atoms. The van der Waals surface area contributed by atoms with Gasteiger partial charge in [-0.05, 0) is 46.5 Å². The van der Waals surface area contributed by atoms with E-state index in [0.29, 0.717) is 11.3 Å². The molecule has 3 nitrogen and oxygen atoms in total. The summed E-state index contributed by atoms with van der Waals surface area (Å²) in [7, 11) is 0. The third-order valence-electron chi connectivity index (χ3n) is 4.77. The molecule has 2 aliphatic heterocycles. The normalized spacial score (nSPS) is 21.7. The van der Waals surface area contributed by atoms with Gasteiger partial charge in [0.2, 0.25) is 0 Å². The summed E-state index contributed by atoms with van der Waals surface area (Å²) in [6.45, 7) is 1.94. The Morgan fingerprint density at radius 3 is 2.56 bits per heavy atom. The number of nitrogens with zero attached hydrogens (tertiary/aromatic N) is 1. The molecule has 0 bridgehead atoms. The minimum absolute atomic E-state index is 0.0543. The predicted molar refractivity (Wildman–Crippen MR) is 121 cm³/mol. The number of halogens is 2. The number of hydrogen-bond donors (Lipinski definition) is 0. The van der Waals surface area contributed by atoms with Crippen molar-refractivity contribution in [1.82, 2.24) is 4.90 Å². The third kappa shape index (κ3) is 3.97. The van der Waals surface area contributed by atoms with Crippen LogP contribution in [0.5, 0.6) is 5.75 Å². The summed E-state index contributed by atoms with van der Waals surface area (Å²) >= 11 is 14.1. The Bertz CT molecular complexity index is 885. The maximum Gasteiger partial charge on any atom is 0.184 e.